The maximum absolute atomic E-state index is 12.3. The minimum atomic E-state index is -0.630. The predicted molar refractivity (Wildman–Crippen MR) is 116 cm³/mol. The Morgan fingerprint density at radius 2 is 0.697 bits per heavy atom. The second-order valence-electron chi connectivity index (χ2n) is 6.39. The number of hydrogen-bond acceptors (Lipinski definition) is 8. The molecule has 33 heavy (non-hydrogen) atoms. The molecule has 170 valence electrons. The predicted octanol–water partition coefficient (Wildman–Crippen LogP) is 2.87. The number of esters is 4. The molecule has 9 heteroatoms. The number of carbonyl (C=O) groups excluding carboxylic acids is 4. The molecule has 0 aliphatic rings. The summed E-state index contributed by atoms with van der Waals surface area (Å²) in [5.41, 5.74) is 1.10. The number of benzene rings is 3. The number of carbonyl (C=O) groups is 4. The average molecular weight is 452 g/mol. The Labute approximate surface area is 188 Å². The summed E-state index contributed by atoms with van der Waals surface area (Å²) in [4.78, 5) is 47.5. The highest BCUT2D eigenvalue weighted by atomic mass is 16.5. The normalized spacial score (nSPS) is 9.76. The molecule has 0 aliphatic carbocycles. The molecule has 0 aliphatic heterocycles. The van der Waals surface area contributed by atoms with Gasteiger partial charge < -0.3 is 24.4 Å². The Bertz CT molecular complexity index is 1040. The van der Waals surface area contributed by atoms with Crippen LogP contribution in [0.25, 0.3) is 0 Å². The lowest BCUT2D eigenvalue weighted by Crippen LogP contribution is -2.11. The van der Waals surface area contributed by atoms with Crippen molar-refractivity contribution in [2.75, 3.05) is 14.2 Å². The molecule has 3 rings (SSSR count). The van der Waals surface area contributed by atoms with E-state index in [0.29, 0.717) is 11.1 Å². The number of hydrogen-bond donors (Lipinski definition) is 0. The SMILES string of the molecule is COC(=O)c1ccc(OC(=O)c2ccc(C(=O)Oc3ccc(C(=O)OC)cc3)cc2)cc1.O. The largest absolute Gasteiger partial charge is 0.465 e. The third-order valence-corrected chi connectivity index (χ3v) is 4.33. The highest BCUT2D eigenvalue weighted by molar-refractivity contribution is 5.95. The summed E-state index contributed by atoms with van der Waals surface area (Å²) < 4.78 is 19.7. The van der Waals surface area contributed by atoms with Crippen LogP contribution >= 0.6 is 0 Å². The molecule has 0 fully saturated rings. The monoisotopic (exact) mass is 452 g/mol. The van der Waals surface area contributed by atoms with Gasteiger partial charge in [-0.05, 0) is 72.8 Å². The van der Waals surface area contributed by atoms with Crippen LogP contribution in [0.4, 0.5) is 0 Å². The number of rotatable bonds is 6. The first kappa shape index (κ1) is 24.8. The number of methoxy groups -OCH3 is 2. The van der Waals surface area contributed by atoms with Gasteiger partial charge in [0.25, 0.3) is 0 Å². The van der Waals surface area contributed by atoms with Gasteiger partial charge in [-0.2, -0.15) is 0 Å². The van der Waals surface area contributed by atoms with Crippen molar-refractivity contribution in [2.45, 2.75) is 0 Å². The van der Waals surface area contributed by atoms with Crippen molar-refractivity contribution in [3.05, 3.63) is 95.1 Å². The van der Waals surface area contributed by atoms with Crippen LogP contribution in [0.3, 0.4) is 0 Å². The van der Waals surface area contributed by atoms with E-state index < -0.39 is 23.9 Å². The maximum Gasteiger partial charge on any atom is 0.343 e. The molecule has 0 bridgehead atoms. The third-order valence-electron chi connectivity index (χ3n) is 4.33. The molecule has 0 saturated carbocycles. The Morgan fingerprint density at radius 1 is 0.455 bits per heavy atom. The average Bonchev–Trinajstić information content (AvgIpc) is 2.84. The van der Waals surface area contributed by atoms with Gasteiger partial charge in [-0.25, -0.2) is 19.2 Å². The number of ether oxygens (including phenoxy) is 4. The standard InChI is InChI=1S/C24H18O8.H2O/c1-29-21(25)15-7-11-19(12-8-15)31-23(27)17-3-5-18(6-4-17)24(28)32-20-13-9-16(10-14-20)22(26)30-2;/h3-14H,1-2H3;1H2. The van der Waals surface area contributed by atoms with Crippen molar-refractivity contribution >= 4 is 23.9 Å². The van der Waals surface area contributed by atoms with E-state index >= 15 is 0 Å². The van der Waals surface area contributed by atoms with Gasteiger partial charge >= 0.3 is 23.9 Å². The molecule has 0 saturated heterocycles. The first-order valence-corrected chi connectivity index (χ1v) is 9.32. The lowest BCUT2D eigenvalue weighted by molar-refractivity contribution is 0.0591. The molecular formula is C24H20O9. The van der Waals surface area contributed by atoms with E-state index in [9.17, 15) is 19.2 Å². The molecule has 3 aromatic rings. The molecule has 0 amide bonds. The van der Waals surface area contributed by atoms with Gasteiger partial charge in [-0.15, -0.1) is 0 Å². The zero-order valence-corrected chi connectivity index (χ0v) is 17.7. The molecule has 0 radical (unpaired) electrons. The van der Waals surface area contributed by atoms with Gasteiger partial charge in [0.2, 0.25) is 0 Å². The molecule has 9 nitrogen and oxygen atoms in total. The van der Waals surface area contributed by atoms with Crippen molar-refractivity contribution in [1.29, 1.82) is 0 Å². The Kier molecular flexibility index (Phi) is 8.42. The molecule has 2 N–H and O–H groups in total. The maximum atomic E-state index is 12.3. The van der Waals surface area contributed by atoms with E-state index in [2.05, 4.69) is 9.47 Å². The quantitative estimate of drug-likeness (QED) is 0.411. The Hall–Kier alpha value is -4.50. The van der Waals surface area contributed by atoms with Gasteiger partial charge in [0, 0.05) is 0 Å². The van der Waals surface area contributed by atoms with Crippen LogP contribution in [0, 0.1) is 0 Å². The summed E-state index contributed by atoms with van der Waals surface area (Å²) in [7, 11) is 2.55. The lowest BCUT2D eigenvalue weighted by atomic mass is 10.1. The van der Waals surface area contributed by atoms with E-state index in [1.54, 1.807) is 0 Å². The molecule has 0 aromatic heterocycles. The summed E-state index contributed by atoms with van der Waals surface area (Å²) in [5.74, 6) is -1.75. The molecule has 0 heterocycles. The van der Waals surface area contributed by atoms with Crippen molar-refractivity contribution < 1.29 is 43.6 Å². The van der Waals surface area contributed by atoms with Gasteiger partial charge in [-0.1, -0.05) is 0 Å². The zero-order chi connectivity index (χ0) is 23.1. The molecular weight excluding hydrogens is 432 g/mol. The van der Waals surface area contributed by atoms with Crippen molar-refractivity contribution in [1.82, 2.24) is 0 Å². The highest BCUT2D eigenvalue weighted by Crippen LogP contribution is 2.17. The summed E-state index contributed by atoms with van der Waals surface area (Å²) in [6, 6.07) is 17.5. The van der Waals surface area contributed by atoms with Crippen LogP contribution in [0.1, 0.15) is 41.4 Å². The topological polar surface area (TPSA) is 137 Å². The van der Waals surface area contributed by atoms with E-state index in [1.165, 1.54) is 87.0 Å². The first-order valence-electron chi connectivity index (χ1n) is 9.32. The summed E-state index contributed by atoms with van der Waals surface area (Å²) in [6.07, 6.45) is 0. The molecule has 0 unspecified atom stereocenters. The van der Waals surface area contributed by atoms with Crippen molar-refractivity contribution in [2.24, 2.45) is 0 Å². The molecule has 0 spiro atoms. The third kappa shape index (κ3) is 6.25. The lowest BCUT2D eigenvalue weighted by Gasteiger charge is -2.07. The van der Waals surface area contributed by atoms with Crippen LogP contribution in [0.5, 0.6) is 11.5 Å². The van der Waals surface area contributed by atoms with Crippen LogP contribution in [0.15, 0.2) is 72.8 Å². The van der Waals surface area contributed by atoms with E-state index in [-0.39, 0.29) is 28.1 Å². The van der Waals surface area contributed by atoms with E-state index in [0.717, 1.165) is 0 Å². The Morgan fingerprint density at radius 3 is 0.970 bits per heavy atom. The summed E-state index contributed by atoms with van der Waals surface area (Å²) in [6.45, 7) is 0. The summed E-state index contributed by atoms with van der Waals surface area (Å²) >= 11 is 0. The minimum absolute atomic E-state index is 0. The fourth-order valence-corrected chi connectivity index (χ4v) is 2.63. The van der Waals surface area contributed by atoms with Gasteiger partial charge in [0.05, 0.1) is 36.5 Å². The van der Waals surface area contributed by atoms with Gasteiger partial charge in [-0.3, -0.25) is 0 Å². The van der Waals surface area contributed by atoms with Crippen molar-refractivity contribution in [3.8, 4) is 11.5 Å². The van der Waals surface area contributed by atoms with Gasteiger partial charge in [0.1, 0.15) is 11.5 Å². The van der Waals surface area contributed by atoms with E-state index in [1.807, 2.05) is 0 Å². The van der Waals surface area contributed by atoms with Crippen LogP contribution < -0.4 is 9.47 Å². The van der Waals surface area contributed by atoms with Crippen molar-refractivity contribution in [3.63, 3.8) is 0 Å². The fourth-order valence-electron chi connectivity index (χ4n) is 2.63. The second-order valence-corrected chi connectivity index (χ2v) is 6.39. The second kappa shape index (κ2) is 11.2. The van der Waals surface area contributed by atoms with Crippen LogP contribution in [0.2, 0.25) is 0 Å². The first-order chi connectivity index (χ1) is 15.4. The van der Waals surface area contributed by atoms with Crippen LogP contribution in [-0.4, -0.2) is 43.6 Å². The fraction of sp³-hybridized carbons (Fsp3) is 0.0833. The Balaban J connectivity index is 0.00000385. The zero-order valence-electron chi connectivity index (χ0n) is 17.7. The molecule has 3 aromatic carbocycles. The smallest absolute Gasteiger partial charge is 0.343 e. The van der Waals surface area contributed by atoms with Gasteiger partial charge in [0.15, 0.2) is 0 Å². The highest BCUT2D eigenvalue weighted by Gasteiger charge is 2.14. The summed E-state index contributed by atoms with van der Waals surface area (Å²) in [5, 5.41) is 0. The minimum Gasteiger partial charge on any atom is -0.465 e. The van der Waals surface area contributed by atoms with E-state index in [4.69, 9.17) is 9.47 Å². The molecule has 0 atom stereocenters. The van der Waals surface area contributed by atoms with Crippen LogP contribution in [-0.2, 0) is 9.47 Å².